The van der Waals surface area contributed by atoms with Gasteiger partial charge in [0.05, 0.1) is 11.0 Å². The largest absolute Gasteiger partial charge is 0.329 e. The zero-order chi connectivity index (χ0) is 15.1. The van der Waals surface area contributed by atoms with Gasteiger partial charge in [-0.2, -0.15) is 0 Å². The Morgan fingerprint density at radius 1 is 1.14 bits per heavy atom. The number of aryl methyl sites for hydroxylation is 3. The van der Waals surface area contributed by atoms with E-state index in [-0.39, 0.29) is 0 Å². The van der Waals surface area contributed by atoms with E-state index >= 15 is 0 Å². The summed E-state index contributed by atoms with van der Waals surface area (Å²) in [5.74, 6) is 3.18. The molecule has 3 aromatic rings. The molecule has 4 rings (SSSR count). The second kappa shape index (κ2) is 5.23. The minimum absolute atomic E-state index is 0.946. The van der Waals surface area contributed by atoms with Crippen LogP contribution in [0, 0.1) is 6.92 Å². The number of fused-ring (bicyclic) bond motifs is 2. The molecular formula is C17H21N5. The highest BCUT2D eigenvalue weighted by atomic mass is 15.3. The van der Waals surface area contributed by atoms with Crippen molar-refractivity contribution in [3.8, 4) is 11.4 Å². The second-order valence-corrected chi connectivity index (χ2v) is 6.01. The van der Waals surface area contributed by atoms with Crippen molar-refractivity contribution in [2.24, 2.45) is 0 Å². The predicted octanol–water partition coefficient (Wildman–Crippen LogP) is 3.35. The Morgan fingerprint density at radius 3 is 2.91 bits per heavy atom. The third kappa shape index (κ3) is 2.03. The predicted molar refractivity (Wildman–Crippen MR) is 86.7 cm³/mol. The lowest BCUT2D eigenvalue weighted by molar-refractivity contribution is 0.637. The average molecular weight is 295 g/mol. The summed E-state index contributed by atoms with van der Waals surface area (Å²) < 4.78 is 4.53. The van der Waals surface area contributed by atoms with Gasteiger partial charge in [-0.3, -0.25) is 0 Å². The molecule has 22 heavy (non-hydrogen) atoms. The quantitative estimate of drug-likeness (QED) is 0.728. The molecule has 0 saturated carbocycles. The lowest BCUT2D eigenvalue weighted by atomic mass is 10.2. The van der Waals surface area contributed by atoms with E-state index in [0.29, 0.717) is 0 Å². The van der Waals surface area contributed by atoms with Gasteiger partial charge in [-0.1, -0.05) is 6.42 Å². The van der Waals surface area contributed by atoms with Crippen molar-refractivity contribution < 1.29 is 0 Å². The highest BCUT2D eigenvalue weighted by Crippen LogP contribution is 2.26. The molecule has 1 aliphatic heterocycles. The van der Waals surface area contributed by atoms with Gasteiger partial charge in [0.25, 0.3) is 0 Å². The van der Waals surface area contributed by atoms with Crippen LogP contribution in [0.3, 0.4) is 0 Å². The minimum atomic E-state index is 0.946. The van der Waals surface area contributed by atoms with Crippen molar-refractivity contribution in [1.29, 1.82) is 0 Å². The van der Waals surface area contributed by atoms with Crippen molar-refractivity contribution in [3.63, 3.8) is 0 Å². The first-order chi connectivity index (χ1) is 10.8. The van der Waals surface area contributed by atoms with E-state index in [1.165, 1.54) is 24.8 Å². The van der Waals surface area contributed by atoms with E-state index in [1.807, 2.05) is 0 Å². The number of aromatic nitrogens is 5. The van der Waals surface area contributed by atoms with Crippen molar-refractivity contribution >= 4 is 11.0 Å². The van der Waals surface area contributed by atoms with Crippen LogP contribution in [0.15, 0.2) is 18.2 Å². The Balaban J connectivity index is 1.83. The first kappa shape index (κ1) is 13.5. The molecule has 3 heterocycles. The third-order valence-electron chi connectivity index (χ3n) is 4.62. The van der Waals surface area contributed by atoms with Crippen molar-refractivity contribution in [2.75, 3.05) is 0 Å². The van der Waals surface area contributed by atoms with E-state index in [4.69, 9.17) is 4.98 Å². The molecule has 5 heteroatoms. The second-order valence-electron chi connectivity index (χ2n) is 6.01. The monoisotopic (exact) mass is 295 g/mol. The topological polar surface area (TPSA) is 48.5 Å². The maximum atomic E-state index is 4.69. The molecule has 0 amide bonds. The summed E-state index contributed by atoms with van der Waals surface area (Å²) in [6.07, 6.45) is 4.75. The maximum Gasteiger partial charge on any atom is 0.164 e. The molecule has 0 radical (unpaired) electrons. The normalized spacial score (nSPS) is 15.0. The van der Waals surface area contributed by atoms with Gasteiger partial charge in [-0.25, -0.2) is 4.98 Å². The molecule has 0 fully saturated rings. The molecule has 0 unspecified atom stereocenters. The SMILES string of the molecule is CCn1c(C)nc2cc(-c3nnc4n3CCCCC4)ccc21. The van der Waals surface area contributed by atoms with Crippen molar-refractivity contribution in [1.82, 2.24) is 24.3 Å². The van der Waals surface area contributed by atoms with Crippen LogP contribution >= 0.6 is 0 Å². The molecule has 1 aromatic carbocycles. The minimum Gasteiger partial charge on any atom is -0.329 e. The number of hydrogen-bond donors (Lipinski definition) is 0. The van der Waals surface area contributed by atoms with Crippen LogP contribution in [0.5, 0.6) is 0 Å². The van der Waals surface area contributed by atoms with Crippen LogP contribution < -0.4 is 0 Å². The third-order valence-corrected chi connectivity index (χ3v) is 4.62. The molecule has 2 aromatic heterocycles. The van der Waals surface area contributed by atoms with Gasteiger partial charge in [0, 0.05) is 25.1 Å². The van der Waals surface area contributed by atoms with Crippen molar-refractivity contribution in [2.45, 2.75) is 52.6 Å². The highest BCUT2D eigenvalue weighted by Gasteiger charge is 2.17. The van der Waals surface area contributed by atoms with Crippen LogP contribution in [-0.2, 0) is 19.5 Å². The fourth-order valence-electron chi connectivity index (χ4n) is 3.49. The molecule has 0 saturated heterocycles. The Labute approximate surface area is 130 Å². The number of nitrogens with zero attached hydrogens (tertiary/aromatic N) is 5. The standard InChI is InChI=1S/C17H21N5/c1-3-21-12(2)18-14-11-13(8-9-15(14)21)17-20-19-16-7-5-4-6-10-22(16)17/h8-9,11H,3-7,10H2,1-2H3. The van der Waals surface area contributed by atoms with Crippen molar-refractivity contribution in [3.05, 3.63) is 29.8 Å². The Bertz CT molecular complexity index is 827. The highest BCUT2D eigenvalue weighted by molar-refractivity contribution is 5.81. The Morgan fingerprint density at radius 2 is 2.05 bits per heavy atom. The van der Waals surface area contributed by atoms with Gasteiger partial charge in [0.2, 0.25) is 0 Å². The van der Waals surface area contributed by atoms with Gasteiger partial charge < -0.3 is 9.13 Å². The first-order valence-electron chi connectivity index (χ1n) is 8.17. The molecule has 0 aliphatic carbocycles. The summed E-state index contributed by atoms with van der Waals surface area (Å²) >= 11 is 0. The number of hydrogen-bond acceptors (Lipinski definition) is 3. The van der Waals surface area contributed by atoms with Gasteiger partial charge in [0.15, 0.2) is 5.82 Å². The zero-order valence-corrected chi connectivity index (χ0v) is 13.2. The van der Waals surface area contributed by atoms with Gasteiger partial charge in [-0.15, -0.1) is 10.2 Å². The molecule has 114 valence electrons. The summed E-state index contributed by atoms with van der Waals surface area (Å²) in [6, 6.07) is 6.46. The smallest absolute Gasteiger partial charge is 0.164 e. The summed E-state index contributed by atoms with van der Waals surface area (Å²) in [4.78, 5) is 4.69. The van der Waals surface area contributed by atoms with Crippen LogP contribution in [0.4, 0.5) is 0 Å². The van der Waals surface area contributed by atoms with E-state index in [1.54, 1.807) is 0 Å². The van der Waals surface area contributed by atoms with E-state index in [9.17, 15) is 0 Å². The fourth-order valence-corrected chi connectivity index (χ4v) is 3.49. The fraction of sp³-hybridized carbons (Fsp3) is 0.471. The summed E-state index contributed by atoms with van der Waals surface area (Å²) in [5, 5.41) is 8.84. The summed E-state index contributed by atoms with van der Waals surface area (Å²) in [7, 11) is 0. The summed E-state index contributed by atoms with van der Waals surface area (Å²) in [6.45, 7) is 6.19. The van der Waals surface area contributed by atoms with Gasteiger partial charge in [-0.05, 0) is 44.9 Å². The van der Waals surface area contributed by atoms with E-state index < -0.39 is 0 Å². The molecule has 5 nitrogen and oxygen atoms in total. The van der Waals surface area contributed by atoms with Crippen LogP contribution in [0.1, 0.15) is 37.8 Å². The molecule has 0 bridgehead atoms. The Hall–Kier alpha value is -2.17. The molecule has 1 aliphatic rings. The summed E-state index contributed by atoms with van der Waals surface area (Å²) in [5.41, 5.74) is 3.36. The van der Waals surface area contributed by atoms with E-state index in [2.05, 4.69) is 51.4 Å². The molecule has 0 N–H and O–H groups in total. The lowest BCUT2D eigenvalue weighted by Gasteiger charge is -2.07. The van der Waals surface area contributed by atoms with Crippen LogP contribution in [0.2, 0.25) is 0 Å². The number of rotatable bonds is 2. The number of imidazole rings is 1. The van der Waals surface area contributed by atoms with Crippen LogP contribution in [0.25, 0.3) is 22.4 Å². The zero-order valence-electron chi connectivity index (χ0n) is 13.2. The first-order valence-corrected chi connectivity index (χ1v) is 8.17. The number of benzene rings is 1. The Kier molecular flexibility index (Phi) is 3.21. The van der Waals surface area contributed by atoms with Crippen LogP contribution in [-0.4, -0.2) is 24.3 Å². The van der Waals surface area contributed by atoms with Gasteiger partial charge in [0.1, 0.15) is 11.6 Å². The maximum absolute atomic E-state index is 4.69. The van der Waals surface area contributed by atoms with E-state index in [0.717, 1.165) is 48.1 Å². The molecule has 0 atom stereocenters. The van der Waals surface area contributed by atoms with Gasteiger partial charge >= 0.3 is 0 Å². The molecular weight excluding hydrogens is 274 g/mol. The average Bonchev–Trinajstić information content (AvgIpc) is 2.97. The molecule has 0 spiro atoms. The lowest BCUT2D eigenvalue weighted by Crippen LogP contribution is -2.03.